The van der Waals surface area contributed by atoms with Gasteiger partial charge in [-0.25, -0.2) is 0 Å². The van der Waals surface area contributed by atoms with Crippen LogP contribution in [0, 0.1) is 0 Å². The molecule has 5 aromatic rings. The average Bonchev–Trinajstić information content (AvgIpc) is 2.91. The Hall–Kier alpha value is -3.70. The average molecular weight is 598 g/mol. The summed E-state index contributed by atoms with van der Waals surface area (Å²) in [5.74, 6) is 6.64. The van der Waals surface area contributed by atoms with Crippen molar-refractivity contribution in [1.29, 1.82) is 0 Å². The van der Waals surface area contributed by atoms with E-state index in [1.54, 1.807) is 0 Å². The van der Waals surface area contributed by atoms with Gasteiger partial charge in [-0.1, -0.05) is 0 Å². The minimum atomic E-state index is -3.29. The fraction of sp³-hybridized carbons (Fsp3) is 0.243. The number of benzene rings is 5. The number of ether oxygens (including phenoxy) is 2. The molecule has 0 saturated heterocycles. The maximum absolute atomic E-state index is 6.96. The van der Waals surface area contributed by atoms with Gasteiger partial charge in [0.2, 0.25) is 0 Å². The SMILES string of the molecule is CC(C)(C)c1ccc2[c]3c1Oc1cccc4[c]1[Ge]3([CH3])[c]1c(ccc(C(C)(C)C)c1O4)N2c1ccc2ccccc2c1. The molecule has 0 fully saturated rings. The van der Waals surface area contributed by atoms with E-state index in [1.165, 1.54) is 46.5 Å². The van der Waals surface area contributed by atoms with Crippen molar-refractivity contribution in [3.05, 3.63) is 96.1 Å². The molecule has 0 amide bonds. The molecule has 0 unspecified atom stereocenters. The summed E-state index contributed by atoms with van der Waals surface area (Å²) in [5, 5.41) is 2.48. The summed E-state index contributed by atoms with van der Waals surface area (Å²) in [7, 11) is 0. The van der Waals surface area contributed by atoms with Crippen LogP contribution in [0.1, 0.15) is 52.7 Å². The molecule has 41 heavy (non-hydrogen) atoms. The number of hydrogen-bond acceptors (Lipinski definition) is 3. The first-order chi connectivity index (χ1) is 19.5. The first-order valence-corrected chi connectivity index (χ1v) is 19.9. The molecule has 5 aromatic carbocycles. The van der Waals surface area contributed by atoms with Crippen LogP contribution in [-0.2, 0) is 10.8 Å². The van der Waals surface area contributed by atoms with Crippen LogP contribution in [0.25, 0.3) is 10.8 Å². The van der Waals surface area contributed by atoms with Crippen molar-refractivity contribution in [2.45, 2.75) is 58.1 Å². The summed E-state index contributed by atoms with van der Waals surface area (Å²) in [6.45, 7) is 13.8. The van der Waals surface area contributed by atoms with E-state index < -0.39 is 13.3 Å². The van der Waals surface area contributed by atoms with Crippen LogP contribution in [0.5, 0.6) is 23.0 Å². The van der Waals surface area contributed by atoms with E-state index in [0.29, 0.717) is 0 Å². The standard InChI is InChI=1S/C37H35GeNO2/c1-36(2,3)25-17-19-27-31-34(25)40-29-13-10-14-30-33(29)38(31,7)32-28(20-18-26(35(32)41-30)37(4,5)6)39(27)24-16-15-22-11-8-9-12-23(22)21-24/h8-21H,1-7H3. The van der Waals surface area contributed by atoms with Gasteiger partial charge in [-0.05, 0) is 0 Å². The number of fused-ring (bicyclic) bond motifs is 1. The monoisotopic (exact) mass is 599 g/mol. The zero-order valence-electron chi connectivity index (χ0n) is 24.8. The zero-order chi connectivity index (χ0) is 28.5. The molecule has 0 aliphatic carbocycles. The van der Waals surface area contributed by atoms with E-state index in [9.17, 15) is 0 Å². The predicted molar refractivity (Wildman–Crippen MR) is 173 cm³/mol. The van der Waals surface area contributed by atoms with Gasteiger partial charge in [0.15, 0.2) is 0 Å². The second-order valence-electron chi connectivity index (χ2n) is 14.0. The Balaban J connectivity index is 1.54. The molecule has 0 aromatic heterocycles. The second kappa shape index (κ2) is 7.98. The van der Waals surface area contributed by atoms with Crippen molar-refractivity contribution >= 4 is 54.3 Å². The van der Waals surface area contributed by atoms with Gasteiger partial charge >= 0.3 is 246 Å². The third-order valence-electron chi connectivity index (χ3n) is 9.27. The zero-order valence-corrected chi connectivity index (χ0v) is 26.9. The number of rotatable bonds is 1. The van der Waals surface area contributed by atoms with Crippen molar-refractivity contribution in [3.63, 3.8) is 0 Å². The van der Waals surface area contributed by atoms with Gasteiger partial charge in [0.05, 0.1) is 0 Å². The van der Waals surface area contributed by atoms with E-state index in [2.05, 4.69) is 137 Å². The molecular formula is C37H35GeNO2. The number of anilines is 3. The van der Waals surface area contributed by atoms with Crippen LogP contribution in [0.15, 0.2) is 84.9 Å². The molecule has 3 aliphatic rings. The molecule has 204 valence electrons. The molecule has 0 radical (unpaired) electrons. The van der Waals surface area contributed by atoms with Crippen LogP contribution in [0.3, 0.4) is 0 Å². The summed E-state index contributed by atoms with van der Waals surface area (Å²) in [4.78, 5) is 2.47. The van der Waals surface area contributed by atoms with E-state index in [-0.39, 0.29) is 10.8 Å². The molecule has 4 heteroatoms. The summed E-state index contributed by atoms with van der Waals surface area (Å²) < 4.78 is 18.1. The third kappa shape index (κ3) is 3.27. The van der Waals surface area contributed by atoms with Gasteiger partial charge in [0, 0.05) is 0 Å². The van der Waals surface area contributed by atoms with Crippen molar-refractivity contribution in [2.24, 2.45) is 0 Å². The summed E-state index contributed by atoms with van der Waals surface area (Å²) in [6, 6.07) is 31.1. The molecule has 0 spiro atoms. The number of hydrogen-bond donors (Lipinski definition) is 0. The van der Waals surface area contributed by atoms with Crippen molar-refractivity contribution in [3.8, 4) is 23.0 Å². The molecule has 8 rings (SSSR count). The van der Waals surface area contributed by atoms with Crippen molar-refractivity contribution in [1.82, 2.24) is 0 Å². The summed E-state index contributed by atoms with van der Waals surface area (Å²) in [6.07, 6.45) is 0. The Bertz CT molecular complexity index is 1850. The van der Waals surface area contributed by atoms with Crippen molar-refractivity contribution in [2.75, 3.05) is 4.90 Å². The van der Waals surface area contributed by atoms with E-state index in [1.807, 2.05) is 0 Å². The number of nitrogens with zero attached hydrogens (tertiary/aromatic N) is 1. The minimum absolute atomic E-state index is 0.0621. The second-order valence-corrected chi connectivity index (χ2v) is 21.9. The van der Waals surface area contributed by atoms with E-state index >= 15 is 0 Å². The predicted octanol–water partition coefficient (Wildman–Crippen LogP) is 8.53. The van der Waals surface area contributed by atoms with Crippen LogP contribution >= 0.6 is 0 Å². The first kappa shape index (κ1) is 25.0. The van der Waals surface area contributed by atoms with Crippen LogP contribution in [-0.4, -0.2) is 13.3 Å². The Labute approximate surface area is 245 Å². The summed E-state index contributed by atoms with van der Waals surface area (Å²) >= 11 is -3.29. The summed E-state index contributed by atoms with van der Waals surface area (Å²) in [5.41, 5.74) is 6.06. The fourth-order valence-electron chi connectivity index (χ4n) is 7.37. The molecule has 3 heterocycles. The Morgan fingerprint density at radius 3 is 1.63 bits per heavy atom. The Morgan fingerprint density at radius 1 is 0.561 bits per heavy atom. The van der Waals surface area contributed by atoms with E-state index in [4.69, 9.17) is 9.47 Å². The van der Waals surface area contributed by atoms with Gasteiger partial charge in [-0.3, -0.25) is 0 Å². The maximum atomic E-state index is 6.96. The molecule has 0 N–H and O–H groups in total. The van der Waals surface area contributed by atoms with Crippen LogP contribution in [0.2, 0.25) is 5.76 Å². The van der Waals surface area contributed by atoms with Crippen LogP contribution < -0.4 is 27.6 Å². The molecule has 0 atom stereocenters. The molecular weight excluding hydrogens is 563 g/mol. The van der Waals surface area contributed by atoms with Gasteiger partial charge in [0.25, 0.3) is 0 Å². The Kier molecular flexibility index (Phi) is 4.87. The van der Waals surface area contributed by atoms with Gasteiger partial charge < -0.3 is 0 Å². The topological polar surface area (TPSA) is 21.7 Å². The fourth-order valence-corrected chi connectivity index (χ4v) is 17.2. The molecule has 3 aliphatic heterocycles. The van der Waals surface area contributed by atoms with Crippen LogP contribution in [0.4, 0.5) is 17.1 Å². The van der Waals surface area contributed by atoms with Crippen molar-refractivity contribution < 1.29 is 9.47 Å². The Morgan fingerprint density at radius 2 is 1.10 bits per heavy atom. The molecule has 0 saturated carbocycles. The molecule has 3 nitrogen and oxygen atoms in total. The van der Waals surface area contributed by atoms with Gasteiger partial charge in [0.1, 0.15) is 0 Å². The van der Waals surface area contributed by atoms with Gasteiger partial charge in [-0.2, -0.15) is 0 Å². The first-order valence-electron chi connectivity index (χ1n) is 14.6. The third-order valence-corrected chi connectivity index (χ3v) is 18.6. The quantitative estimate of drug-likeness (QED) is 0.177. The molecule has 0 bridgehead atoms. The normalized spacial score (nSPS) is 15.7. The van der Waals surface area contributed by atoms with Gasteiger partial charge in [-0.15, -0.1) is 0 Å². The van der Waals surface area contributed by atoms with E-state index in [0.717, 1.165) is 28.7 Å².